The second kappa shape index (κ2) is 9.62. The zero-order valence-corrected chi connectivity index (χ0v) is 18.1. The summed E-state index contributed by atoms with van der Waals surface area (Å²) >= 11 is 5.77. The molecular formula is C21H24Cl2FN5O. The molecule has 2 N–H and O–H groups in total. The molecule has 1 aromatic carbocycles. The van der Waals surface area contributed by atoms with Gasteiger partial charge in [-0.2, -0.15) is 0 Å². The van der Waals surface area contributed by atoms with Crippen molar-refractivity contribution >= 4 is 46.8 Å². The molecule has 0 aliphatic heterocycles. The van der Waals surface area contributed by atoms with Gasteiger partial charge in [-0.25, -0.2) is 14.4 Å². The number of hydrogen-bond donors (Lipinski definition) is 2. The minimum absolute atomic E-state index is 0. The molecule has 2 aromatic heterocycles. The zero-order valence-electron chi connectivity index (χ0n) is 16.6. The summed E-state index contributed by atoms with van der Waals surface area (Å²) in [5, 5.41) is 7.56. The normalized spacial score (nSPS) is 18.6. The lowest BCUT2D eigenvalue weighted by Crippen LogP contribution is -2.40. The topological polar surface area (TPSA) is 71.8 Å². The minimum atomic E-state index is -0.525. The first-order valence-corrected chi connectivity index (χ1v) is 10.2. The number of nitrogens with zero attached hydrogens (tertiary/aromatic N) is 3. The first-order chi connectivity index (χ1) is 14.0. The van der Waals surface area contributed by atoms with E-state index in [1.807, 2.05) is 12.3 Å². The van der Waals surface area contributed by atoms with Gasteiger partial charge in [-0.3, -0.25) is 4.79 Å². The fourth-order valence-electron chi connectivity index (χ4n) is 3.86. The fourth-order valence-corrected chi connectivity index (χ4v) is 4.04. The average Bonchev–Trinajstić information content (AvgIpc) is 3.15. The minimum Gasteiger partial charge on any atom is -0.367 e. The van der Waals surface area contributed by atoms with Crippen molar-refractivity contribution in [3.63, 3.8) is 0 Å². The van der Waals surface area contributed by atoms with E-state index >= 15 is 0 Å². The van der Waals surface area contributed by atoms with Gasteiger partial charge in [-0.1, -0.05) is 11.6 Å². The summed E-state index contributed by atoms with van der Waals surface area (Å²) in [6.07, 6.45) is 7.20. The van der Waals surface area contributed by atoms with E-state index in [1.54, 1.807) is 6.33 Å². The highest BCUT2D eigenvalue weighted by atomic mass is 35.5. The standard InChI is InChI=1S/C21H23ClFN5O.ClH/c1-2-28-10-9-16-19(24-12-25-20(16)28)26-14-4-6-15(7-5-14)27-21(29)13-3-8-18(23)17(22)11-13;/h3,8-12,14-15H,2,4-7H2,1H3,(H,27,29)(H,24,25,26);1H/t14-,15+;. The molecule has 6 nitrogen and oxygen atoms in total. The summed E-state index contributed by atoms with van der Waals surface area (Å²) < 4.78 is 15.4. The van der Waals surface area contributed by atoms with E-state index < -0.39 is 5.82 Å². The molecule has 0 spiro atoms. The zero-order chi connectivity index (χ0) is 20.4. The van der Waals surface area contributed by atoms with E-state index in [0.717, 1.165) is 49.1 Å². The molecule has 1 fully saturated rings. The Morgan fingerprint density at radius 2 is 1.93 bits per heavy atom. The molecule has 0 atom stereocenters. The molecule has 1 aliphatic rings. The lowest BCUT2D eigenvalue weighted by molar-refractivity contribution is 0.0926. The predicted molar refractivity (Wildman–Crippen MR) is 119 cm³/mol. The maximum atomic E-state index is 13.3. The molecule has 0 bridgehead atoms. The lowest BCUT2D eigenvalue weighted by Gasteiger charge is -2.30. The van der Waals surface area contributed by atoms with Gasteiger partial charge < -0.3 is 15.2 Å². The van der Waals surface area contributed by atoms with Gasteiger partial charge in [0.2, 0.25) is 0 Å². The molecule has 4 rings (SSSR count). The molecule has 0 saturated heterocycles. The number of amides is 1. The second-order valence-corrected chi connectivity index (χ2v) is 7.76. The van der Waals surface area contributed by atoms with Crippen molar-refractivity contribution in [1.29, 1.82) is 0 Å². The Labute approximate surface area is 185 Å². The van der Waals surface area contributed by atoms with Crippen LogP contribution >= 0.6 is 24.0 Å². The number of fused-ring (bicyclic) bond motifs is 1. The van der Waals surface area contributed by atoms with Crippen molar-refractivity contribution in [3.8, 4) is 0 Å². The van der Waals surface area contributed by atoms with Crippen LogP contribution in [0.4, 0.5) is 10.2 Å². The Morgan fingerprint density at radius 1 is 1.20 bits per heavy atom. The predicted octanol–water partition coefficient (Wildman–Crippen LogP) is 4.82. The quantitative estimate of drug-likeness (QED) is 0.583. The second-order valence-electron chi connectivity index (χ2n) is 7.36. The van der Waals surface area contributed by atoms with Crippen LogP contribution in [0.1, 0.15) is 43.0 Å². The number of halogens is 3. The Bertz CT molecular complexity index is 1030. The molecule has 160 valence electrons. The molecule has 1 saturated carbocycles. The largest absolute Gasteiger partial charge is 0.367 e. The Kier molecular flexibility index (Phi) is 7.15. The lowest BCUT2D eigenvalue weighted by atomic mass is 9.91. The molecule has 1 amide bonds. The van der Waals surface area contributed by atoms with Gasteiger partial charge in [0.1, 0.15) is 23.6 Å². The Balaban J connectivity index is 0.00000256. The van der Waals surface area contributed by atoms with Crippen LogP contribution in [-0.4, -0.2) is 32.5 Å². The first kappa shape index (κ1) is 22.3. The number of aryl methyl sites for hydroxylation is 1. The molecule has 1 aliphatic carbocycles. The number of carbonyl (C=O) groups excluding carboxylic acids is 1. The van der Waals surface area contributed by atoms with Crippen LogP contribution < -0.4 is 10.6 Å². The number of aromatic nitrogens is 3. The smallest absolute Gasteiger partial charge is 0.251 e. The maximum Gasteiger partial charge on any atom is 0.251 e. The van der Waals surface area contributed by atoms with Crippen molar-refractivity contribution in [2.45, 2.75) is 51.2 Å². The van der Waals surface area contributed by atoms with E-state index in [2.05, 4.69) is 32.1 Å². The summed E-state index contributed by atoms with van der Waals surface area (Å²) in [4.78, 5) is 21.2. The summed E-state index contributed by atoms with van der Waals surface area (Å²) in [5.41, 5.74) is 1.31. The summed E-state index contributed by atoms with van der Waals surface area (Å²) in [6.45, 7) is 2.95. The summed E-state index contributed by atoms with van der Waals surface area (Å²) in [5.74, 6) is 0.111. The molecule has 0 unspecified atom stereocenters. The molecule has 3 aromatic rings. The number of rotatable bonds is 5. The number of benzene rings is 1. The molecule has 30 heavy (non-hydrogen) atoms. The van der Waals surface area contributed by atoms with E-state index in [-0.39, 0.29) is 29.4 Å². The van der Waals surface area contributed by atoms with Crippen molar-refractivity contribution in [2.24, 2.45) is 0 Å². The van der Waals surface area contributed by atoms with Gasteiger partial charge in [0.25, 0.3) is 5.91 Å². The highest BCUT2D eigenvalue weighted by Gasteiger charge is 2.24. The van der Waals surface area contributed by atoms with Gasteiger partial charge in [-0.15, -0.1) is 12.4 Å². The highest BCUT2D eigenvalue weighted by molar-refractivity contribution is 6.31. The van der Waals surface area contributed by atoms with Crippen molar-refractivity contribution in [1.82, 2.24) is 19.9 Å². The molecule has 2 heterocycles. The third kappa shape index (κ3) is 4.68. The van der Waals surface area contributed by atoms with Gasteiger partial charge in [0.15, 0.2) is 0 Å². The molecule has 0 radical (unpaired) electrons. The van der Waals surface area contributed by atoms with Crippen LogP contribution in [0.25, 0.3) is 11.0 Å². The maximum absolute atomic E-state index is 13.3. The SMILES string of the molecule is CCn1ccc2c(N[C@H]3CC[C@@H](NC(=O)c4ccc(F)c(Cl)c4)CC3)ncnc21.Cl. The van der Waals surface area contributed by atoms with Crippen molar-refractivity contribution in [3.05, 3.63) is 53.2 Å². The highest BCUT2D eigenvalue weighted by Crippen LogP contribution is 2.26. The number of hydrogen-bond acceptors (Lipinski definition) is 4. The Hall–Kier alpha value is -2.38. The third-order valence-corrected chi connectivity index (χ3v) is 5.77. The van der Waals surface area contributed by atoms with E-state index in [9.17, 15) is 9.18 Å². The van der Waals surface area contributed by atoms with Crippen LogP contribution in [-0.2, 0) is 6.54 Å². The van der Waals surface area contributed by atoms with Crippen molar-refractivity contribution < 1.29 is 9.18 Å². The van der Waals surface area contributed by atoms with Gasteiger partial charge >= 0.3 is 0 Å². The fraction of sp³-hybridized carbons (Fsp3) is 0.381. The summed E-state index contributed by atoms with van der Waals surface area (Å²) in [7, 11) is 0. The van der Waals surface area contributed by atoms with E-state index in [1.165, 1.54) is 18.2 Å². The van der Waals surface area contributed by atoms with Crippen molar-refractivity contribution in [2.75, 3.05) is 5.32 Å². The molecule has 9 heteroatoms. The number of nitrogens with one attached hydrogen (secondary N) is 2. The van der Waals surface area contributed by atoms with Crippen LogP contribution in [0.5, 0.6) is 0 Å². The summed E-state index contributed by atoms with van der Waals surface area (Å²) in [6, 6.07) is 6.46. The monoisotopic (exact) mass is 451 g/mol. The third-order valence-electron chi connectivity index (χ3n) is 5.48. The van der Waals surface area contributed by atoms with Crippen LogP contribution in [0, 0.1) is 5.82 Å². The van der Waals surface area contributed by atoms with E-state index in [0.29, 0.717) is 11.6 Å². The van der Waals surface area contributed by atoms with Crippen LogP contribution in [0.15, 0.2) is 36.8 Å². The molecular weight excluding hydrogens is 428 g/mol. The first-order valence-electron chi connectivity index (χ1n) is 9.87. The average molecular weight is 452 g/mol. The van der Waals surface area contributed by atoms with Crippen LogP contribution in [0.3, 0.4) is 0 Å². The van der Waals surface area contributed by atoms with Gasteiger partial charge in [0.05, 0.1) is 10.4 Å². The van der Waals surface area contributed by atoms with Gasteiger partial charge in [-0.05, 0) is 56.9 Å². The van der Waals surface area contributed by atoms with E-state index in [4.69, 9.17) is 11.6 Å². The number of anilines is 1. The Morgan fingerprint density at radius 3 is 2.63 bits per heavy atom. The van der Waals surface area contributed by atoms with Crippen LogP contribution in [0.2, 0.25) is 5.02 Å². The number of carbonyl (C=O) groups is 1. The van der Waals surface area contributed by atoms with Gasteiger partial charge in [0, 0.05) is 30.4 Å².